The largest absolute Gasteiger partial charge is 0.333 e. The van der Waals surface area contributed by atoms with Gasteiger partial charge in [-0.25, -0.2) is 5.11 Å². The fourth-order valence-electron chi connectivity index (χ4n) is 0.769. The normalized spacial score (nSPS) is 13.6. The summed E-state index contributed by atoms with van der Waals surface area (Å²) in [6, 6.07) is 0. The minimum Gasteiger partial charge on any atom is -0.333 e. The van der Waals surface area contributed by atoms with E-state index in [2.05, 4.69) is 0 Å². The van der Waals surface area contributed by atoms with Gasteiger partial charge in [0.2, 0.25) is 0 Å². The van der Waals surface area contributed by atoms with Gasteiger partial charge in [0.15, 0.2) is 0 Å². The quantitative estimate of drug-likeness (QED) is 0.432. The molecule has 0 aliphatic carbocycles. The molecular weight excluding hydrogens is 172 g/mol. The van der Waals surface area contributed by atoms with E-state index in [1.54, 1.807) is 0 Å². The first-order valence-electron chi connectivity index (χ1n) is 4.58. The standard InChI is InChI=1S/C9H19O4/c1-8(2)13-9(11-3)12-7-5-4-6-10/h8-9H,4-7H2,1-3H3. The number of hydrogen-bond donors (Lipinski definition) is 0. The summed E-state index contributed by atoms with van der Waals surface area (Å²) < 4.78 is 15.4. The van der Waals surface area contributed by atoms with Gasteiger partial charge < -0.3 is 14.2 Å². The molecule has 1 atom stereocenters. The second-order valence-corrected chi connectivity index (χ2v) is 2.99. The Hall–Kier alpha value is -0.160. The molecular formula is C9H19O4. The van der Waals surface area contributed by atoms with Gasteiger partial charge in [0, 0.05) is 7.11 Å². The van der Waals surface area contributed by atoms with Gasteiger partial charge in [0.1, 0.15) is 0 Å². The molecule has 0 saturated heterocycles. The number of methoxy groups -OCH3 is 1. The van der Waals surface area contributed by atoms with Gasteiger partial charge in [-0.3, -0.25) is 0 Å². The first-order chi connectivity index (χ1) is 6.20. The van der Waals surface area contributed by atoms with Gasteiger partial charge in [-0.1, -0.05) is 0 Å². The van der Waals surface area contributed by atoms with Crippen LogP contribution in [0.1, 0.15) is 26.7 Å². The topological polar surface area (TPSA) is 47.6 Å². The minimum absolute atomic E-state index is 0.0496. The minimum atomic E-state index is -0.605. The molecule has 0 aromatic rings. The van der Waals surface area contributed by atoms with Gasteiger partial charge in [-0.2, -0.15) is 0 Å². The summed E-state index contributed by atoms with van der Waals surface area (Å²) >= 11 is 0. The third kappa shape index (κ3) is 8.18. The molecule has 0 amide bonds. The van der Waals surface area contributed by atoms with Crippen molar-refractivity contribution in [2.24, 2.45) is 0 Å². The molecule has 0 fully saturated rings. The number of unbranched alkanes of at least 4 members (excludes halogenated alkanes) is 1. The molecule has 0 N–H and O–H groups in total. The van der Waals surface area contributed by atoms with E-state index in [1.807, 2.05) is 13.8 Å². The predicted molar refractivity (Wildman–Crippen MR) is 47.8 cm³/mol. The Balaban J connectivity index is 3.36. The van der Waals surface area contributed by atoms with Crippen LogP contribution in [0.3, 0.4) is 0 Å². The maximum atomic E-state index is 10.1. The highest BCUT2D eigenvalue weighted by Crippen LogP contribution is 2.02. The highest BCUT2D eigenvalue weighted by molar-refractivity contribution is 4.38. The summed E-state index contributed by atoms with van der Waals surface area (Å²) in [5.41, 5.74) is 0. The molecule has 0 aromatic carbocycles. The first-order valence-corrected chi connectivity index (χ1v) is 4.58. The highest BCUT2D eigenvalue weighted by atomic mass is 16.8. The molecule has 4 heteroatoms. The van der Waals surface area contributed by atoms with Crippen molar-refractivity contribution >= 4 is 0 Å². The summed E-state index contributed by atoms with van der Waals surface area (Å²) in [4.78, 5) is 0. The third-order valence-electron chi connectivity index (χ3n) is 1.37. The Morgan fingerprint density at radius 2 is 1.92 bits per heavy atom. The molecule has 0 bridgehead atoms. The SMILES string of the molecule is COC(OCCCC[O])OC(C)C. The second kappa shape index (κ2) is 8.44. The molecule has 0 aromatic heterocycles. The van der Waals surface area contributed by atoms with Gasteiger partial charge in [0.05, 0.1) is 19.3 Å². The van der Waals surface area contributed by atoms with Crippen LogP contribution in [0.15, 0.2) is 0 Å². The lowest BCUT2D eigenvalue weighted by atomic mass is 10.3. The van der Waals surface area contributed by atoms with Crippen molar-refractivity contribution < 1.29 is 19.3 Å². The van der Waals surface area contributed by atoms with Gasteiger partial charge in [-0.05, 0) is 26.7 Å². The van der Waals surface area contributed by atoms with Crippen LogP contribution in [0.25, 0.3) is 0 Å². The maximum Gasteiger partial charge on any atom is 0.271 e. The summed E-state index contributed by atoms with van der Waals surface area (Å²) in [6.45, 7) is 3.67. The second-order valence-electron chi connectivity index (χ2n) is 2.99. The number of rotatable bonds is 8. The molecule has 13 heavy (non-hydrogen) atoms. The summed E-state index contributed by atoms with van der Waals surface area (Å²) in [5.74, 6) is 0. The molecule has 0 aliphatic heterocycles. The Kier molecular flexibility index (Phi) is 8.33. The van der Waals surface area contributed by atoms with Crippen molar-refractivity contribution in [3.05, 3.63) is 0 Å². The molecule has 4 nitrogen and oxygen atoms in total. The van der Waals surface area contributed by atoms with Crippen LogP contribution in [0.2, 0.25) is 0 Å². The third-order valence-corrected chi connectivity index (χ3v) is 1.37. The maximum absolute atomic E-state index is 10.1. The van der Waals surface area contributed by atoms with Crippen molar-refractivity contribution in [3.8, 4) is 0 Å². The van der Waals surface area contributed by atoms with Crippen LogP contribution < -0.4 is 0 Å². The zero-order chi connectivity index (χ0) is 10.1. The molecule has 0 rings (SSSR count). The summed E-state index contributed by atoms with van der Waals surface area (Å²) in [7, 11) is 1.53. The van der Waals surface area contributed by atoms with E-state index in [0.717, 1.165) is 6.42 Å². The average Bonchev–Trinajstić information content (AvgIpc) is 2.09. The first kappa shape index (κ1) is 12.8. The lowest BCUT2D eigenvalue weighted by Gasteiger charge is -2.18. The van der Waals surface area contributed by atoms with E-state index in [-0.39, 0.29) is 12.7 Å². The molecule has 1 unspecified atom stereocenters. The molecule has 0 heterocycles. The fraction of sp³-hybridized carbons (Fsp3) is 1.00. The van der Waals surface area contributed by atoms with Crippen molar-refractivity contribution in [3.63, 3.8) is 0 Å². The molecule has 1 radical (unpaired) electrons. The van der Waals surface area contributed by atoms with Crippen molar-refractivity contribution in [1.82, 2.24) is 0 Å². The molecule has 0 aliphatic rings. The van der Waals surface area contributed by atoms with E-state index in [0.29, 0.717) is 13.0 Å². The van der Waals surface area contributed by atoms with Crippen LogP contribution in [-0.2, 0) is 19.3 Å². The van der Waals surface area contributed by atoms with Crippen LogP contribution in [0.5, 0.6) is 0 Å². The molecule has 0 spiro atoms. The van der Waals surface area contributed by atoms with E-state index < -0.39 is 6.48 Å². The van der Waals surface area contributed by atoms with Crippen LogP contribution in [0, 0.1) is 0 Å². The molecule has 0 saturated carbocycles. The Labute approximate surface area is 79.8 Å². The summed E-state index contributed by atoms with van der Waals surface area (Å²) in [5, 5.41) is 10.1. The highest BCUT2D eigenvalue weighted by Gasteiger charge is 2.08. The summed E-state index contributed by atoms with van der Waals surface area (Å²) in [6.07, 6.45) is 1.47. The van der Waals surface area contributed by atoms with E-state index in [9.17, 15) is 5.11 Å². The lowest BCUT2D eigenvalue weighted by molar-refractivity contribution is -0.290. The zero-order valence-electron chi connectivity index (χ0n) is 8.62. The van der Waals surface area contributed by atoms with Crippen molar-refractivity contribution in [2.75, 3.05) is 20.3 Å². The van der Waals surface area contributed by atoms with Gasteiger partial charge >= 0.3 is 0 Å². The smallest absolute Gasteiger partial charge is 0.271 e. The van der Waals surface area contributed by atoms with E-state index in [1.165, 1.54) is 7.11 Å². The number of hydrogen-bond acceptors (Lipinski definition) is 3. The Bertz CT molecular complexity index is 106. The lowest BCUT2D eigenvalue weighted by Crippen LogP contribution is -2.23. The van der Waals surface area contributed by atoms with Crippen LogP contribution in [0.4, 0.5) is 0 Å². The average molecular weight is 191 g/mol. The van der Waals surface area contributed by atoms with Crippen molar-refractivity contribution in [2.45, 2.75) is 39.3 Å². The monoisotopic (exact) mass is 191 g/mol. The van der Waals surface area contributed by atoms with Gasteiger partial charge in [0.25, 0.3) is 6.48 Å². The zero-order valence-corrected chi connectivity index (χ0v) is 8.62. The fourth-order valence-corrected chi connectivity index (χ4v) is 0.769. The van der Waals surface area contributed by atoms with Crippen LogP contribution in [-0.4, -0.2) is 32.9 Å². The number of ether oxygens (including phenoxy) is 3. The predicted octanol–water partition coefficient (Wildman–Crippen LogP) is 1.57. The van der Waals surface area contributed by atoms with E-state index >= 15 is 0 Å². The Morgan fingerprint density at radius 1 is 1.23 bits per heavy atom. The van der Waals surface area contributed by atoms with Crippen molar-refractivity contribution in [1.29, 1.82) is 0 Å². The Morgan fingerprint density at radius 3 is 2.38 bits per heavy atom. The van der Waals surface area contributed by atoms with E-state index in [4.69, 9.17) is 14.2 Å². The molecule has 79 valence electrons. The van der Waals surface area contributed by atoms with Gasteiger partial charge in [-0.15, -0.1) is 0 Å². The van der Waals surface area contributed by atoms with Crippen LogP contribution >= 0.6 is 0 Å².